The highest BCUT2D eigenvalue weighted by atomic mass is 32.1. The molecule has 0 bridgehead atoms. The number of rotatable bonds is 5. The summed E-state index contributed by atoms with van der Waals surface area (Å²) in [6.45, 7) is 2.15. The zero-order valence-corrected chi connectivity index (χ0v) is 12.1. The molecule has 0 saturated carbocycles. The average molecular weight is 303 g/mol. The van der Waals surface area contributed by atoms with E-state index in [2.05, 4.69) is 25.7 Å². The van der Waals surface area contributed by atoms with Crippen molar-refractivity contribution >= 4 is 17.2 Å². The van der Waals surface area contributed by atoms with Crippen LogP contribution in [0.15, 0.2) is 27.4 Å². The topological polar surface area (TPSA) is 96.7 Å². The first-order valence-electron chi connectivity index (χ1n) is 6.32. The highest BCUT2D eigenvalue weighted by molar-refractivity contribution is 7.08. The van der Waals surface area contributed by atoms with Gasteiger partial charge in [-0.3, -0.25) is 4.79 Å². The molecule has 0 fully saturated rings. The molecular weight excluding hydrogens is 290 g/mol. The molecule has 0 aliphatic carbocycles. The average Bonchev–Trinajstić information content (AvgIpc) is 3.18. The van der Waals surface area contributed by atoms with E-state index in [1.165, 1.54) is 0 Å². The van der Waals surface area contributed by atoms with Crippen LogP contribution in [0.4, 0.5) is 0 Å². The van der Waals surface area contributed by atoms with Gasteiger partial charge in [0.15, 0.2) is 0 Å². The summed E-state index contributed by atoms with van der Waals surface area (Å²) in [5.41, 5.74) is 2.25. The van der Waals surface area contributed by atoms with Gasteiger partial charge in [0.25, 0.3) is 0 Å². The van der Waals surface area contributed by atoms with Crippen LogP contribution in [0.3, 0.4) is 0 Å². The number of carbonyl (C=O) groups is 1. The zero-order valence-electron chi connectivity index (χ0n) is 11.3. The van der Waals surface area contributed by atoms with E-state index in [1.807, 2.05) is 23.8 Å². The third-order valence-electron chi connectivity index (χ3n) is 2.92. The standard InChI is InChI=1S/C13H13N5O2S/c1-8-11(16-13(20-8)9-2-3-21-7-9)4-12(19)14-5-10-6-15-18-17-10/h2-3,6-7H,4-5H2,1H3,(H,14,19)(H,15,17,18). The number of thiophene rings is 1. The van der Waals surface area contributed by atoms with Crippen LogP contribution < -0.4 is 5.32 Å². The molecule has 0 aliphatic rings. The summed E-state index contributed by atoms with van der Waals surface area (Å²) in [4.78, 5) is 16.3. The number of aromatic nitrogens is 4. The van der Waals surface area contributed by atoms with E-state index in [9.17, 15) is 4.79 Å². The number of carbonyl (C=O) groups excluding carboxylic acids is 1. The van der Waals surface area contributed by atoms with Crippen LogP contribution in [0.25, 0.3) is 11.5 Å². The maximum absolute atomic E-state index is 11.9. The predicted molar refractivity (Wildman–Crippen MR) is 76.5 cm³/mol. The Morgan fingerprint density at radius 1 is 1.52 bits per heavy atom. The molecule has 3 heterocycles. The lowest BCUT2D eigenvalue weighted by molar-refractivity contribution is -0.120. The minimum absolute atomic E-state index is 0.133. The highest BCUT2D eigenvalue weighted by Gasteiger charge is 2.15. The lowest BCUT2D eigenvalue weighted by Gasteiger charge is -2.00. The number of H-pyrrole nitrogens is 1. The number of aromatic amines is 1. The van der Waals surface area contributed by atoms with E-state index in [0.717, 1.165) is 5.56 Å². The van der Waals surface area contributed by atoms with E-state index in [-0.39, 0.29) is 12.3 Å². The van der Waals surface area contributed by atoms with Crippen LogP contribution >= 0.6 is 11.3 Å². The first-order valence-corrected chi connectivity index (χ1v) is 7.27. The monoisotopic (exact) mass is 303 g/mol. The third kappa shape index (κ3) is 3.16. The number of nitrogens with zero attached hydrogens (tertiary/aromatic N) is 3. The SMILES string of the molecule is Cc1oc(-c2ccsc2)nc1CC(=O)NCc1cn[nH]n1. The predicted octanol–water partition coefficient (Wildman–Crippen LogP) is 1.69. The molecule has 2 N–H and O–H groups in total. The molecule has 0 atom stereocenters. The summed E-state index contributed by atoms with van der Waals surface area (Å²) >= 11 is 1.57. The number of hydrogen-bond acceptors (Lipinski definition) is 6. The molecule has 1 amide bonds. The lowest BCUT2D eigenvalue weighted by atomic mass is 10.2. The molecule has 0 spiro atoms. The second-order valence-electron chi connectivity index (χ2n) is 4.45. The van der Waals surface area contributed by atoms with Gasteiger partial charge in [-0.25, -0.2) is 4.98 Å². The maximum Gasteiger partial charge on any atom is 0.227 e. The van der Waals surface area contributed by atoms with Gasteiger partial charge < -0.3 is 9.73 Å². The normalized spacial score (nSPS) is 10.7. The van der Waals surface area contributed by atoms with Gasteiger partial charge in [0, 0.05) is 10.9 Å². The van der Waals surface area contributed by atoms with Crippen molar-refractivity contribution < 1.29 is 9.21 Å². The number of hydrogen-bond donors (Lipinski definition) is 2. The summed E-state index contributed by atoms with van der Waals surface area (Å²) in [6.07, 6.45) is 1.74. The summed E-state index contributed by atoms with van der Waals surface area (Å²) in [6, 6.07) is 1.93. The van der Waals surface area contributed by atoms with Gasteiger partial charge in [0.2, 0.25) is 11.8 Å². The van der Waals surface area contributed by atoms with Crippen molar-refractivity contribution in [2.24, 2.45) is 0 Å². The van der Waals surface area contributed by atoms with Crippen molar-refractivity contribution in [1.82, 2.24) is 25.7 Å². The molecular formula is C13H13N5O2S. The molecule has 0 saturated heterocycles. The summed E-state index contributed by atoms with van der Waals surface area (Å²) in [5, 5.41) is 16.7. The molecule has 3 rings (SSSR count). The van der Waals surface area contributed by atoms with Gasteiger partial charge in [0.1, 0.15) is 11.5 Å². The van der Waals surface area contributed by atoms with E-state index < -0.39 is 0 Å². The highest BCUT2D eigenvalue weighted by Crippen LogP contribution is 2.23. The van der Waals surface area contributed by atoms with E-state index in [1.54, 1.807) is 17.5 Å². The fourth-order valence-electron chi connectivity index (χ4n) is 1.82. The van der Waals surface area contributed by atoms with E-state index in [4.69, 9.17) is 4.42 Å². The van der Waals surface area contributed by atoms with Crippen LogP contribution in [0.5, 0.6) is 0 Å². The quantitative estimate of drug-likeness (QED) is 0.747. The Balaban J connectivity index is 1.63. The van der Waals surface area contributed by atoms with Crippen LogP contribution in [-0.2, 0) is 17.8 Å². The van der Waals surface area contributed by atoms with Crippen LogP contribution in [-0.4, -0.2) is 26.3 Å². The fourth-order valence-corrected chi connectivity index (χ4v) is 2.45. The molecule has 0 radical (unpaired) electrons. The molecule has 0 unspecified atom stereocenters. The number of oxazole rings is 1. The second kappa shape index (κ2) is 5.88. The van der Waals surface area contributed by atoms with Gasteiger partial charge in [-0.2, -0.15) is 26.7 Å². The Kier molecular flexibility index (Phi) is 3.78. The second-order valence-corrected chi connectivity index (χ2v) is 5.23. The van der Waals surface area contributed by atoms with Crippen molar-refractivity contribution in [3.8, 4) is 11.5 Å². The molecule has 21 heavy (non-hydrogen) atoms. The summed E-state index contributed by atoms with van der Waals surface area (Å²) < 4.78 is 5.60. The Bertz CT molecular complexity index is 718. The Morgan fingerprint density at radius 2 is 2.43 bits per heavy atom. The fraction of sp³-hybridized carbons (Fsp3) is 0.231. The molecule has 7 nitrogen and oxygen atoms in total. The first kappa shape index (κ1) is 13.5. The van der Waals surface area contributed by atoms with Crippen molar-refractivity contribution in [1.29, 1.82) is 0 Å². The molecule has 108 valence electrons. The van der Waals surface area contributed by atoms with Crippen molar-refractivity contribution in [2.75, 3.05) is 0 Å². The van der Waals surface area contributed by atoms with Crippen LogP contribution in [0.1, 0.15) is 17.1 Å². The Hall–Kier alpha value is -2.48. The third-order valence-corrected chi connectivity index (χ3v) is 3.60. The number of nitrogens with one attached hydrogen (secondary N) is 2. The van der Waals surface area contributed by atoms with Gasteiger partial charge in [-0.05, 0) is 18.4 Å². The van der Waals surface area contributed by atoms with Crippen molar-refractivity contribution in [3.63, 3.8) is 0 Å². The Labute approximate surface area is 124 Å². The molecule has 3 aromatic rings. The summed E-state index contributed by atoms with van der Waals surface area (Å²) in [7, 11) is 0. The largest absolute Gasteiger partial charge is 0.441 e. The summed E-state index contributed by atoms with van der Waals surface area (Å²) in [5.74, 6) is 1.08. The van der Waals surface area contributed by atoms with Gasteiger partial charge in [-0.15, -0.1) is 0 Å². The number of aryl methyl sites for hydroxylation is 1. The van der Waals surface area contributed by atoms with E-state index in [0.29, 0.717) is 29.6 Å². The minimum Gasteiger partial charge on any atom is -0.441 e. The number of amides is 1. The van der Waals surface area contributed by atoms with Crippen LogP contribution in [0, 0.1) is 6.92 Å². The minimum atomic E-state index is -0.133. The van der Waals surface area contributed by atoms with Crippen LogP contribution in [0.2, 0.25) is 0 Å². The lowest BCUT2D eigenvalue weighted by Crippen LogP contribution is -2.25. The van der Waals surface area contributed by atoms with Crippen molar-refractivity contribution in [3.05, 3.63) is 40.2 Å². The molecule has 8 heteroatoms. The zero-order chi connectivity index (χ0) is 14.7. The van der Waals surface area contributed by atoms with Gasteiger partial charge >= 0.3 is 0 Å². The van der Waals surface area contributed by atoms with Gasteiger partial charge in [0.05, 0.1) is 24.9 Å². The Morgan fingerprint density at radius 3 is 3.14 bits per heavy atom. The van der Waals surface area contributed by atoms with Crippen molar-refractivity contribution in [2.45, 2.75) is 19.9 Å². The van der Waals surface area contributed by atoms with E-state index >= 15 is 0 Å². The smallest absolute Gasteiger partial charge is 0.227 e. The molecule has 0 aromatic carbocycles. The first-order chi connectivity index (χ1) is 10.2. The van der Waals surface area contributed by atoms with Gasteiger partial charge in [-0.1, -0.05) is 0 Å². The maximum atomic E-state index is 11.9. The molecule has 0 aliphatic heterocycles. The molecule has 3 aromatic heterocycles.